The number of hydrogen-bond acceptors (Lipinski definition) is 3. The summed E-state index contributed by atoms with van der Waals surface area (Å²) in [4.78, 5) is 4.30. The first kappa shape index (κ1) is 11.0. The number of aromatic nitrogens is 1. The molecule has 2 rings (SSSR count). The molecule has 0 bridgehead atoms. The van der Waals surface area contributed by atoms with Gasteiger partial charge in [0.05, 0.1) is 24.7 Å². The summed E-state index contributed by atoms with van der Waals surface area (Å²) in [5.74, 6) is 0.792. The highest BCUT2D eigenvalue weighted by Gasteiger charge is 2.09. The van der Waals surface area contributed by atoms with Crippen molar-refractivity contribution in [1.29, 1.82) is 0 Å². The van der Waals surface area contributed by atoms with E-state index in [1.165, 1.54) is 0 Å². The molecule has 0 fully saturated rings. The molecule has 0 saturated carbocycles. The first-order valence-electron chi connectivity index (χ1n) is 4.77. The third-order valence-electron chi connectivity index (χ3n) is 2.22. The number of ether oxygens (including phenoxy) is 1. The molecule has 16 heavy (non-hydrogen) atoms. The molecule has 3 nitrogen and oxygen atoms in total. The Morgan fingerprint density at radius 3 is 2.75 bits per heavy atom. The van der Waals surface area contributed by atoms with Crippen LogP contribution >= 0.6 is 15.9 Å². The van der Waals surface area contributed by atoms with Crippen molar-refractivity contribution >= 4 is 21.6 Å². The molecular formula is C12H11BrN2O. The lowest BCUT2D eigenvalue weighted by Crippen LogP contribution is -1.93. The van der Waals surface area contributed by atoms with E-state index < -0.39 is 0 Å². The van der Waals surface area contributed by atoms with E-state index in [1.54, 1.807) is 13.3 Å². The number of hydrogen-bond donors (Lipinski definition) is 1. The Kier molecular flexibility index (Phi) is 3.10. The predicted octanol–water partition coefficient (Wildman–Crippen LogP) is 3.10. The minimum atomic E-state index is 0.630. The van der Waals surface area contributed by atoms with Gasteiger partial charge in [0.2, 0.25) is 0 Å². The number of benzene rings is 1. The van der Waals surface area contributed by atoms with Gasteiger partial charge in [-0.1, -0.05) is 12.1 Å². The van der Waals surface area contributed by atoms with Gasteiger partial charge in [-0.25, -0.2) is 0 Å². The number of pyridine rings is 1. The summed E-state index contributed by atoms with van der Waals surface area (Å²) in [5, 5.41) is 0. The zero-order valence-corrected chi connectivity index (χ0v) is 10.4. The van der Waals surface area contributed by atoms with E-state index in [-0.39, 0.29) is 0 Å². The van der Waals surface area contributed by atoms with Gasteiger partial charge in [0.1, 0.15) is 5.75 Å². The number of rotatable bonds is 2. The molecule has 2 N–H and O–H groups in total. The zero-order valence-electron chi connectivity index (χ0n) is 8.77. The monoisotopic (exact) mass is 278 g/mol. The van der Waals surface area contributed by atoms with E-state index in [1.807, 2.05) is 30.3 Å². The summed E-state index contributed by atoms with van der Waals surface area (Å²) >= 11 is 3.45. The van der Waals surface area contributed by atoms with E-state index in [4.69, 9.17) is 10.5 Å². The molecule has 0 radical (unpaired) electrons. The van der Waals surface area contributed by atoms with Gasteiger partial charge in [0.15, 0.2) is 0 Å². The summed E-state index contributed by atoms with van der Waals surface area (Å²) in [6.07, 6.45) is 1.63. The number of halogens is 1. The molecule has 0 spiro atoms. The van der Waals surface area contributed by atoms with Crippen LogP contribution in [-0.4, -0.2) is 12.1 Å². The Morgan fingerprint density at radius 2 is 2.06 bits per heavy atom. The van der Waals surface area contributed by atoms with Crippen LogP contribution in [0.5, 0.6) is 5.75 Å². The van der Waals surface area contributed by atoms with Gasteiger partial charge in [-0.2, -0.15) is 0 Å². The van der Waals surface area contributed by atoms with Crippen LogP contribution < -0.4 is 10.5 Å². The summed E-state index contributed by atoms with van der Waals surface area (Å²) < 4.78 is 6.15. The molecule has 4 heteroatoms. The molecule has 0 unspecified atom stereocenters. The normalized spacial score (nSPS) is 10.1. The van der Waals surface area contributed by atoms with Gasteiger partial charge in [-0.15, -0.1) is 0 Å². The van der Waals surface area contributed by atoms with Crippen molar-refractivity contribution in [3.8, 4) is 17.0 Å². The van der Waals surface area contributed by atoms with Crippen LogP contribution in [0.15, 0.2) is 41.0 Å². The molecule has 0 aliphatic rings. The minimum absolute atomic E-state index is 0.630. The van der Waals surface area contributed by atoms with Crippen molar-refractivity contribution < 1.29 is 4.74 Å². The smallest absolute Gasteiger partial charge is 0.128 e. The molecule has 0 aliphatic heterocycles. The average molecular weight is 279 g/mol. The number of para-hydroxylation sites is 1. The second-order valence-corrected chi connectivity index (χ2v) is 4.15. The van der Waals surface area contributed by atoms with Crippen molar-refractivity contribution in [2.75, 3.05) is 12.8 Å². The Balaban J connectivity index is 2.58. The van der Waals surface area contributed by atoms with Crippen LogP contribution in [0, 0.1) is 0 Å². The van der Waals surface area contributed by atoms with Crippen LogP contribution in [0.4, 0.5) is 5.69 Å². The fraction of sp³-hybridized carbons (Fsp3) is 0.0833. The fourth-order valence-electron chi connectivity index (χ4n) is 1.49. The van der Waals surface area contributed by atoms with Crippen molar-refractivity contribution in [2.45, 2.75) is 0 Å². The van der Waals surface area contributed by atoms with Crippen LogP contribution in [0.3, 0.4) is 0 Å². The summed E-state index contributed by atoms with van der Waals surface area (Å²) in [5.41, 5.74) is 8.05. The van der Waals surface area contributed by atoms with Crippen molar-refractivity contribution in [1.82, 2.24) is 4.98 Å². The first-order chi connectivity index (χ1) is 7.72. The predicted molar refractivity (Wildman–Crippen MR) is 68.3 cm³/mol. The molecule has 1 heterocycles. The summed E-state index contributed by atoms with van der Waals surface area (Å²) in [6, 6.07) is 9.56. The zero-order chi connectivity index (χ0) is 11.5. The van der Waals surface area contributed by atoms with E-state index in [2.05, 4.69) is 20.9 Å². The van der Waals surface area contributed by atoms with Crippen LogP contribution in [-0.2, 0) is 0 Å². The lowest BCUT2D eigenvalue weighted by molar-refractivity contribution is 0.416. The van der Waals surface area contributed by atoms with Crippen molar-refractivity contribution in [3.63, 3.8) is 0 Å². The largest absolute Gasteiger partial charge is 0.496 e. The number of nitrogens with zero attached hydrogens (tertiary/aromatic N) is 1. The Morgan fingerprint density at radius 1 is 1.31 bits per heavy atom. The third kappa shape index (κ3) is 2.02. The van der Waals surface area contributed by atoms with Crippen LogP contribution in [0.25, 0.3) is 11.3 Å². The van der Waals surface area contributed by atoms with Gasteiger partial charge in [-0.05, 0) is 34.1 Å². The highest BCUT2D eigenvalue weighted by Crippen LogP contribution is 2.33. The second-order valence-electron chi connectivity index (χ2n) is 3.30. The maximum Gasteiger partial charge on any atom is 0.128 e. The Labute approximate surface area is 102 Å². The SMILES string of the molecule is COc1ccccc1-c1ncc(N)cc1Br. The van der Waals surface area contributed by atoms with Crippen molar-refractivity contribution in [2.24, 2.45) is 0 Å². The summed E-state index contributed by atoms with van der Waals surface area (Å²) in [6.45, 7) is 0. The number of nitrogens with two attached hydrogens (primary N) is 1. The van der Waals surface area contributed by atoms with Gasteiger partial charge >= 0.3 is 0 Å². The minimum Gasteiger partial charge on any atom is -0.496 e. The molecule has 82 valence electrons. The van der Waals surface area contributed by atoms with Gasteiger partial charge in [-0.3, -0.25) is 4.98 Å². The molecular weight excluding hydrogens is 268 g/mol. The van der Waals surface area contributed by atoms with Gasteiger partial charge in [0.25, 0.3) is 0 Å². The average Bonchev–Trinajstić information content (AvgIpc) is 2.29. The first-order valence-corrected chi connectivity index (χ1v) is 5.56. The van der Waals surface area contributed by atoms with E-state index in [9.17, 15) is 0 Å². The molecule has 0 aliphatic carbocycles. The molecule has 0 saturated heterocycles. The quantitative estimate of drug-likeness (QED) is 0.918. The van der Waals surface area contributed by atoms with Gasteiger partial charge < -0.3 is 10.5 Å². The van der Waals surface area contributed by atoms with E-state index >= 15 is 0 Å². The Hall–Kier alpha value is -1.55. The number of methoxy groups -OCH3 is 1. The Bertz CT molecular complexity index is 514. The molecule has 1 aromatic heterocycles. The van der Waals surface area contributed by atoms with Gasteiger partial charge in [0, 0.05) is 10.0 Å². The number of nitrogen functional groups attached to an aromatic ring is 1. The van der Waals surface area contributed by atoms with E-state index in [0.717, 1.165) is 21.5 Å². The highest BCUT2D eigenvalue weighted by atomic mass is 79.9. The fourth-order valence-corrected chi connectivity index (χ4v) is 2.07. The summed E-state index contributed by atoms with van der Waals surface area (Å²) in [7, 11) is 1.64. The standard InChI is InChI=1S/C12H11BrN2O/c1-16-11-5-3-2-4-9(11)12-10(13)6-8(14)7-15-12/h2-7H,14H2,1H3. The maximum absolute atomic E-state index is 5.65. The third-order valence-corrected chi connectivity index (χ3v) is 2.83. The topological polar surface area (TPSA) is 48.1 Å². The maximum atomic E-state index is 5.65. The van der Waals surface area contributed by atoms with Crippen molar-refractivity contribution in [3.05, 3.63) is 41.0 Å². The molecule has 1 aromatic carbocycles. The molecule has 0 amide bonds. The molecule has 2 aromatic rings. The second kappa shape index (κ2) is 4.53. The lowest BCUT2D eigenvalue weighted by Gasteiger charge is -2.09. The van der Waals surface area contributed by atoms with Crippen LogP contribution in [0.1, 0.15) is 0 Å². The number of anilines is 1. The highest BCUT2D eigenvalue weighted by molar-refractivity contribution is 9.10. The lowest BCUT2D eigenvalue weighted by atomic mass is 10.1. The van der Waals surface area contributed by atoms with E-state index in [0.29, 0.717) is 5.69 Å². The molecule has 0 atom stereocenters. The van der Waals surface area contributed by atoms with Crippen LogP contribution in [0.2, 0.25) is 0 Å².